The van der Waals surface area contributed by atoms with Gasteiger partial charge in [-0.05, 0) is 98.0 Å². The molecule has 1 atom stereocenters. The highest BCUT2D eigenvalue weighted by atomic mass is 32.1. The topological polar surface area (TPSA) is 12.4 Å². The molecule has 2 aliphatic rings. The van der Waals surface area contributed by atoms with Gasteiger partial charge >= 0.3 is 0 Å². The van der Waals surface area contributed by atoms with Gasteiger partial charge in [0.05, 0.1) is 10.8 Å². The van der Waals surface area contributed by atoms with Gasteiger partial charge in [0.1, 0.15) is 0 Å². The van der Waals surface area contributed by atoms with Crippen molar-refractivity contribution in [2.75, 3.05) is 0 Å². The number of rotatable bonds is 11. The normalized spacial score (nSPS) is 27.4. The summed E-state index contributed by atoms with van der Waals surface area (Å²) in [5.74, 6) is 4.65. The third-order valence-corrected chi connectivity index (χ3v) is 8.75. The van der Waals surface area contributed by atoms with Gasteiger partial charge in [0.15, 0.2) is 0 Å². The minimum absolute atomic E-state index is 0.738. The zero-order chi connectivity index (χ0) is 21.9. The molecule has 0 aromatic heterocycles. The van der Waals surface area contributed by atoms with E-state index in [2.05, 4.69) is 48.3 Å². The molecule has 1 aromatic carbocycles. The molecule has 1 aromatic rings. The summed E-state index contributed by atoms with van der Waals surface area (Å²) in [5.41, 5.74) is 2.41. The summed E-state index contributed by atoms with van der Waals surface area (Å²) in [5, 5.41) is 2.46. The van der Waals surface area contributed by atoms with Crippen LogP contribution in [0.3, 0.4) is 0 Å². The summed E-state index contributed by atoms with van der Waals surface area (Å²) in [6, 6.07) is 8.69. The second kappa shape index (κ2) is 13.5. The molecule has 0 bridgehead atoms. The summed E-state index contributed by atoms with van der Waals surface area (Å²) in [4.78, 5) is 4.08. The monoisotopic (exact) mass is 439 g/mol. The second-order valence-corrected chi connectivity index (χ2v) is 10.8. The van der Waals surface area contributed by atoms with Crippen LogP contribution in [0.25, 0.3) is 0 Å². The Morgan fingerprint density at radius 2 is 1.42 bits per heavy atom. The fraction of sp³-hybridized carbons (Fsp3) is 0.759. The third-order valence-electron chi connectivity index (χ3n) is 8.66. The van der Waals surface area contributed by atoms with Gasteiger partial charge in [-0.3, -0.25) is 0 Å². The van der Waals surface area contributed by atoms with Crippen molar-refractivity contribution < 1.29 is 0 Å². The molecule has 1 nitrogen and oxygen atoms in total. The molecule has 0 amide bonds. The van der Waals surface area contributed by atoms with Gasteiger partial charge in [-0.1, -0.05) is 83.8 Å². The van der Waals surface area contributed by atoms with Crippen LogP contribution in [0, 0.1) is 23.7 Å². The minimum atomic E-state index is 0.738. The lowest BCUT2D eigenvalue weighted by molar-refractivity contribution is 0.131. The van der Waals surface area contributed by atoms with E-state index in [1.165, 1.54) is 102 Å². The van der Waals surface area contributed by atoms with E-state index < -0.39 is 0 Å². The molecule has 2 aliphatic carbocycles. The fourth-order valence-corrected chi connectivity index (χ4v) is 6.56. The highest BCUT2D eigenvalue weighted by molar-refractivity contribution is 7.78. The Kier molecular flexibility index (Phi) is 10.8. The highest BCUT2D eigenvalue weighted by Gasteiger charge is 2.32. The molecule has 0 saturated heterocycles. The lowest BCUT2D eigenvalue weighted by Crippen LogP contribution is -2.28. The molecule has 172 valence electrons. The van der Waals surface area contributed by atoms with Gasteiger partial charge in [-0.2, -0.15) is 4.99 Å². The van der Waals surface area contributed by atoms with Gasteiger partial charge < -0.3 is 0 Å². The van der Waals surface area contributed by atoms with Crippen LogP contribution in [0.15, 0.2) is 29.3 Å². The van der Waals surface area contributed by atoms with Gasteiger partial charge in [0, 0.05) is 0 Å². The molecule has 0 heterocycles. The molecular formula is C29H45NS. The molecule has 2 heteroatoms. The average Bonchev–Trinajstić information content (AvgIpc) is 2.82. The van der Waals surface area contributed by atoms with E-state index >= 15 is 0 Å². The van der Waals surface area contributed by atoms with E-state index in [1.54, 1.807) is 0 Å². The third kappa shape index (κ3) is 7.83. The predicted molar refractivity (Wildman–Crippen MR) is 138 cm³/mol. The first-order valence-electron chi connectivity index (χ1n) is 13.4. The molecule has 2 fully saturated rings. The van der Waals surface area contributed by atoms with Crippen LogP contribution in [0.4, 0.5) is 5.69 Å². The number of unbranched alkanes of at least 4 members (excludes halogenated alkanes) is 5. The Bertz CT molecular complexity index is 658. The van der Waals surface area contributed by atoms with E-state index in [0.29, 0.717) is 0 Å². The minimum Gasteiger partial charge on any atom is -0.195 e. The van der Waals surface area contributed by atoms with Gasteiger partial charge in [0.2, 0.25) is 0 Å². The van der Waals surface area contributed by atoms with Crippen molar-refractivity contribution in [1.29, 1.82) is 0 Å². The Balaban J connectivity index is 1.34. The Labute approximate surface area is 197 Å². The smallest absolute Gasteiger partial charge is 0.0739 e. The van der Waals surface area contributed by atoms with Gasteiger partial charge in [0.25, 0.3) is 0 Å². The number of hydrogen-bond acceptors (Lipinski definition) is 2. The second-order valence-electron chi connectivity index (χ2n) is 10.6. The summed E-state index contributed by atoms with van der Waals surface area (Å²) >= 11 is 4.71. The van der Waals surface area contributed by atoms with Crippen molar-refractivity contribution >= 4 is 23.1 Å². The zero-order valence-corrected chi connectivity index (χ0v) is 21.0. The molecule has 1 unspecified atom stereocenters. The van der Waals surface area contributed by atoms with E-state index in [0.717, 1.165) is 35.3 Å². The summed E-state index contributed by atoms with van der Waals surface area (Å²) in [7, 11) is 0. The summed E-state index contributed by atoms with van der Waals surface area (Å²) in [6.45, 7) is 4.89. The number of nitrogens with zero attached hydrogens (tertiary/aromatic N) is 1. The average molecular weight is 440 g/mol. The molecule has 3 rings (SSSR count). The van der Waals surface area contributed by atoms with Crippen LogP contribution in [-0.2, 0) is 0 Å². The molecular weight excluding hydrogens is 394 g/mol. The van der Waals surface area contributed by atoms with E-state index in [9.17, 15) is 0 Å². The van der Waals surface area contributed by atoms with Crippen LogP contribution < -0.4 is 0 Å². The molecule has 2 saturated carbocycles. The number of thiocarbonyl (C=S) groups is 1. The predicted octanol–water partition coefficient (Wildman–Crippen LogP) is 9.89. The fourth-order valence-electron chi connectivity index (χ4n) is 6.45. The number of hydrogen-bond donors (Lipinski definition) is 0. The summed E-state index contributed by atoms with van der Waals surface area (Å²) in [6.07, 6.45) is 21.8. The quantitative estimate of drug-likeness (QED) is 0.190. The number of aliphatic imine (C=N–C) groups is 1. The number of isothiocyanates is 1. The van der Waals surface area contributed by atoms with Crippen molar-refractivity contribution in [3.8, 4) is 0 Å². The van der Waals surface area contributed by atoms with Crippen LogP contribution in [-0.4, -0.2) is 5.16 Å². The Morgan fingerprint density at radius 1 is 0.839 bits per heavy atom. The van der Waals surface area contributed by atoms with E-state index in [1.807, 2.05) is 0 Å². The summed E-state index contributed by atoms with van der Waals surface area (Å²) < 4.78 is 0. The standard InChI is InChI=1S/C29H45NS/c1-3-4-5-6-7-8-9-24-10-12-25(13-11-24)23(2)26-14-16-27(17-15-26)28-18-20-29(21-19-28)30-22-31/h18-21,23-27H,3-17H2,1-2H3. The first-order chi connectivity index (χ1) is 15.2. The first-order valence-corrected chi connectivity index (χ1v) is 13.8. The lowest BCUT2D eigenvalue weighted by atomic mass is 9.66. The lowest BCUT2D eigenvalue weighted by Gasteiger charge is -2.39. The maximum atomic E-state index is 4.71. The highest BCUT2D eigenvalue weighted by Crippen LogP contribution is 2.45. The van der Waals surface area contributed by atoms with Crippen LogP contribution >= 0.6 is 12.2 Å². The van der Waals surface area contributed by atoms with E-state index in [4.69, 9.17) is 12.2 Å². The Morgan fingerprint density at radius 3 is 2.03 bits per heavy atom. The van der Waals surface area contributed by atoms with Crippen LogP contribution in [0.1, 0.15) is 122 Å². The zero-order valence-electron chi connectivity index (χ0n) is 20.2. The SMILES string of the molecule is CCCCCCCCC1CCC(C(C)C2CCC(c3ccc(N=C=S)cc3)CC2)CC1. The first kappa shape index (κ1) is 24.7. The maximum absolute atomic E-state index is 4.71. The molecule has 0 spiro atoms. The van der Waals surface area contributed by atoms with Crippen molar-refractivity contribution in [2.45, 2.75) is 116 Å². The van der Waals surface area contributed by atoms with Crippen LogP contribution in [0.2, 0.25) is 0 Å². The largest absolute Gasteiger partial charge is 0.195 e. The molecule has 0 radical (unpaired) electrons. The van der Waals surface area contributed by atoms with Crippen LogP contribution in [0.5, 0.6) is 0 Å². The number of benzene rings is 1. The Hall–Kier alpha value is -0.980. The van der Waals surface area contributed by atoms with Crippen molar-refractivity contribution in [2.24, 2.45) is 28.7 Å². The maximum Gasteiger partial charge on any atom is 0.0739 e. The molecule has 0 N–H and O–H groups in total. The molecule has 31 heavy (non-hydrogen) atoms. The van der Waals surface area contributed by atoms with Crippen molar-refractivity contribution in [3.05, 3.63) is 29.8 Å². The molecule has 0 aliphatic heterocycles. The van der Waals surface area contributed by atoms with Gasteiger partial charge in [-0.15, -0.1) is 0 Å². The van der Waals surface area contributed by atoms with Crippen molar-refractivity contribution in [1.82, 2.24) is 0 Å². The van der Waals surface area contributed by atoms with E-state index in [-0.39, 0.29) is 0 Å². The van der Waals surface area contributed by atoms with Crippen molar-refractivity contribution in [3.63, 3.8) is 0 Å². The van der Waals surface area contributed by atoms with Gasteiger partial charge in [-0.25, -0.2) is 0 Å².